The molecule has 0 saturated carbocycles. The van der Waals surface area contributed by atoms with Gasteiger partial charge in [0, 0.05) is 37.6 Å². The minimum absolute atomic E-state index is 0.0670. The van der Waals surface area contributed by atoms with Crippen LogP contribution in [0, 0.1) is 11.6 Å². The highest BCUT2D eigenvalue weighted by Gasteiger charge is 2.50. The Bertz CT molecular complexity index is 1930. The van der Waals surface area contributed by atoms with Gasteiger partial charge in [0.15, 0.2) is 15.7 Å². The molecule has 4 aliphatic heterocycles. The molecule has 0 aliphatic carbocycles. The van der Waals surface area contributed by atoms with Crippen LogP contribution in [0.15, 0.2) is 30.5 Å². The van der Waals surface area contributed by atoms with Crippen LogP contribution in [0.5, 0.6) is 6.01 Å². The van der Waals surface area contributed by atoms with Crippen LogP contribution in [0.1, 0.15) is 32.1 Å². The van der Waals surface area contributed by atoms with Gasteiger partial charge in [0.25, 0.3) is 0 Å². The molecule has 2 unspecified atom stereocenters. The third kappa shape index (κ3) is 4.20. The van der Waals surface area contributed by atoms with E-state index in [1.165, 1.54) is 24.4 Å². The van der Waals surface area contributed by atoms with Crippen molar-refractivity contribution >= 4 is 43.1 Å². The summed E-state index contributed by atoms with van der Waals surface area (Å²) in [5.74, 6) is -1.09. The Morgan fingerprint density at radius 3 is 2.66 bits per heavy atom. The summed E-state index contributed by atoms with van der Waals surface area (Å²) in [6.07, 6.45) is 3.57. The first-order valence-electron chi connectivity index (χ1n) is 14.8. The van der Waals surface area contributed by atoms with Gasteiger partial charge in [0.2, 0.25) is 0 Å². The lowest BCUT2D eigenvalue weighted by Crippen LogP contribution is -2.47. The molecule has 8 rings (SSSR count). The Hall–Kier alpha value is -3.78. The standard InChI is InChI=1S/C30H30F3N7O3S/c31-17-10-30(7-2-8-40(30)12-17)15-43-29-37-25-20(28(38-29)39-13-18-5-6-19(14-39)44(18,41)42)11-35-27(24(25)33)26-23-16(9-22(34)36-26)3-1-4-21(23)32/h1,3-4,9,11,17-19H,2,5-8,10,12-15H2,(H2,34,36)/t17-,18?,19?,30+/m1/s1. The predicted molar refractivity (Wildman–Crippen MR) is 159 cm³/mol. The molecular formula is C30H30F3N7O3S. The lowest BCUT2D eigenvalue weighted by molar-refractivity contribution is 0.107. The van der Waals surface area contributed by atoms with Crippen molar-refractivity contribution < 1.29 is 26.3 Å². The van der Waals surface area contributed by atoms with Crippen LogP contribution in [0.25, 0.3) is 33.1 Å². The van der Waals surface area contributed by atoms with Gasteiger partial charge in [0.1, 0.15) is 47.1 Å². The van der Waals surface area contributed by atoms with Crippen molar-refractivity contribution in [3.05, 3.63) is 42.1 Å². The van der Waals surface area contributed by atoms with E-state index < -0.39 is 43.7 Å². The number of rotatable bonds is 5. The first-order valence-corrected chi connectivity index (χ1v) is 16.4. The molecule has 10 nitrogen and oxygen atoms in total. The van der Waals surface area contributed by atoms with E-state index in [1.807, 2.05) is 4.90 Å². The minimum Gasteiger partial charge on any atom is -0.461 e. The molecule has 44 heavy (non-hydrogen) atoms. The average molecular weight is 626 g/mol. The Morgan fingerprint density at radius 1 is 1.07 bits per heavy atom. The quantitative estimate of drug-likeness (QED) is 0.350. The molecule has 4 aromatic rings. The van der Waals surface area contributed by atoms with Gasteiger partial charge in [-0.1, -0.05) is 12.1 Å². The van der Waals surface area contributed by atoms with E-state index in [0.717, 1.165) is 19.4 Å². The Labute approximate surface area is 251 Å². The van der Waals surface area contributed by atoms with Crippen LogP contribution in [-0.2, 0) is 9.84 Å². The molecule has 4 aliphatic rings. The SMILES string of the molecule is Nc1cc2cccc(F)c2c(-c2ncc3c(N4CC5CCC(C4)S5(=O)=O)nc(OC[C@@]45CCCN4C[C@H](F)C5)nc3c2F)n1. The molecule has 4 saturated heterocycles. The zero-order chi connectivity index (χ0) is 30.4. The van der Waals surface area contributed by atoms with Gasteiger partial charge < -0.3 is 15.4 Å². The number of anilines is 2. The summed E-state index contributed by atoms with van der Waals surface area (Å²) in [6.45, 7) is 1.65. The van der Waals surface area contributed by atoms with Gasteiger partial charge in [0.05, 0.1) is 21.4 Å². The van der Waals surface area contributed by atoms with E-state index in [-0.39, 0.29) is 59.2 Å². The summed E-state index contributed by atoms with van der Waals surface area (Å²) < 4.78 is 77.9. The van der Waals surface area contributed by atoms with Crippen LogP contribution in [0.3, 0.4) is 0 Å². The largest absolute Gasteiger partial charge is 0.461 e. The number of sulfone groups is 1. The fourth-order valence-corrected chi connectivity index (χ4v) is 9.95. The van der Waals surface area contributed by atoms with Gasteiger partial charge in [-0.2, -0.15) is 9.97 Å². The number of nitrogens with zero attached hydrogens (tertiary/aromatic N) is 6. The van der Waals surface area contributed by atoms with Crippen molar-refractivity contribution in [3.8, 4) is 17.4 Å². The van der Waals surface area contributed by atoms with E-state index in [1.54, 1.807) is 6.07 Å². The summed E-state index contributed by atoms with van der Waals surface area (Å²) in [7, 11) is -3.25. The van der Waals surface area contributed by atoms with Gasteiger partial charge in [-0.15, -0.1) is 0 Å². The van der Waals surface area contributed by atoms with E-state index in [4.69, 9.17) is 10.5 Å². The predicted octanol–water partition coefficient (Wildman–Crippen LogP) is 3.82. The number of nitrogen functional groups attached to an aromatic ring is 1. The molecule has 4 atom stereocenters. The normalized spacial score (nSPS) is 27.8. The number of hydrogen-bond acceptors (Lipinski definition) is 10. The number of nitrogens with two attached hydrogens (primary N) is 1. The van der Waals surface area contributed by atoms with Crippen molar-refractivity contribution in [1.29, 1.82) is 0 Å². The van der Waals surface area contributed by atoms with Crippen LogP contribution in [0.2, 0.25) is 0 Å². The lowest BCUT2D eigenvalue weighted by atomic mass is 9.95. The van der Waals surface area contributed by atoms with Crippen LogP contribution in [-0.4, -0.2) is 88.3 Å². The number of pyridine rings is 2. The van der Waals surface area contributed by atoms with Crippen molar-refractivity contribution in [2.75, 3.05) is 43.4 Å². The van der Waals surface area contributed by atoms with Gasteiger partial charge in [-0.3, -0.25) is 9.88 Å². The molecule has 0 spiro atoms. The second-order valence-corrected chi connectivity index (χ2v) is 14.9. The average Bonchev–Trinajstić information content (AvgIpc) is 3.52. The molecule has 0 amide bonds. The van der Waals surface area contributed by atoms with E-state index in [2.05, 4.69) is 24.8 Å². The molecular weight excluding hydrogens is 595 g/mol. The van der Waals surface area contributed by atoms with Crippen molar-refractivity contribution in [2.24, 2.45) is 0 Å². The number of fused-ring (bicyclic) bond motifs is 5. The number of hydrogen-bond donors (Lipinski definition) is 1. The first-order chi connectivity index (χ1) is 21.1. The summed E-state index contributed by atoms with van der Waals surface area (Å²) in [4.78, 5) is 21.7. The van der Waals surface area contributed by atoms with E-state index in [0.29, 0.717) is 37.0 Å². The molecule has 7 heterocycles. The van der Waals surface area contributed by atoms with Crippen LogP contribution in [0.4, 0.5) is 24.8 Å². The summed E-state index contributed by atoms with van der Waals surface area (Å²) in [5.41, 5.74) is 5.09. The second kappa shape index (κ2) is 9.86. The van der Waals surface area contributed by atoms with Crippen LogP contribution < -0.4 is 15.4 Å². The van der Waals surface area contributed by atoms with Crippen molar-refractivity contribution in [3.63, 3.8) is 0 Å². The first kappa shape index (κ1) is 27.7. The molecule has 3 aromatic heterocycles. The minimum atomic E-state index is -3.25. The molecule has 2 N–H and O–H groups in total. The van der Waals surface area contributed by atoms with E-state index >= 15 is 8.78 Å². The van der Waals surface area contributed by atoms with E-state index in [9.17, 15) is 12.8 Å². The Balaban J connectivity index is 1.26. The summed E-state index contributed by atoms with van der Waals surface area (Å²) >= 11 is 0. The smallest absolute Gasteiger partial charge is 0.319 e. The lowest BCUT2D eigenvalue weighted by Gasteiger charge is -2.33. The second-order valence-electron chi connectivity index (χ2n) is 12.4. The topological polar surface area (TPSA) is 127 Å². The highest BCUT2D eigenvalue weighted by molar-refractivity contribution is 7.93. The summed E-state index contributed by atoms with van der Waals surface area (Å²) in [5, 5.41) is -0.335. The Morgan fingerprint density at radius 2 is 1.86 bits per heavy atom. The Kier molecular flexibility index (Phi) is 6.22. The number of halogens is 3. The number of benzene rings is 1. The zero-order valence-electron chi connectivity index (χ0n) is 23.7. The van der Waals surface area contributed by atoms with Crippen molar-refractivity contribution in [1.82, 2.24) is 24.8 Å². The zero-order valence-corrected chi connectivity index (χ0v) is 24.5. The molecule has 2 bridgehead atoms. The van der Waals surface area contributed by atoms with Crippen LogP contribution >= 0.6 is 0 Å². The number of alkyl halides is 1. The highest BCUT2D eigenvalue weighted by Crippen LogP contribution is 2.42. The third-order valence-electron chi connectivity index (χ3n) is 9.81. The van der Waals surface area contributed by atoms with Crippen molar-refractivity contribution in [2.45, 2.75) is 54.3 Å². The maximum Gasteiger partial charge on any atom is 0.319 e. The third-order valence-corrected chi connectivity index (χ3v) is 12.4. The molecule has 230 valence electrons. The fourth-order valence-electron chi connectivity index (χ4n) is 7.70. The summed E-state index contributed by atoms with van der Waals surface area (Å²) in [6, 6.07) is 5.83. The molecule has 14 heteroatoms. The monoisotopic (exact) mass is 625 g/mol. The number of aromatic nitrogens is 4. The molecule has 0 radical (unpaired) electrons. The van der Waals surface area contributed by atoms with Gasteiger partial charge in [-0.25, -0.2) is 26.6 Å². The molecule has 4 fully saturated rings. The maximum atomic E-state index is 16.6. The van der Waals surface area contributed by atoms with Gasteiger partial charge >= 0.3 is 6.01 Å². The fraction of sp³-hybridized carbons (Fsp3) is 0.467. The highest BCUT2D eigenvalue weighted by atomic mass is 32.2. The maximum absolute atomic E-state index is 16.6. The van der Waals surface area contributed by atoms with Gasteiger partial charge in [-0.05, 0) is 49.7 Å². The number of ether oxygens (including phenoxy) is 1. The molecule has 1 aromatic carbocycles.